The number of hydrogen-bond donors (Lipinski definition) is 2. The standard InChI is InChI=1S/C20H17N7OS/c21-7-9-28-15-5-3-13(4-6-15)18-16(10-22)19(24)26-20(17(18)11-23)29-12-14-2-1-8-25-27-14/h1-6,8H,7,9,12,21H2,(H2,24,26). The number of nitriles is 2. The zero-order chi connectivity index (χ0) is 20.6. The average molecular weight is 403 g/mol. The molecular weight excluding hydrogens is 386 g/mol. The summed E-state index contributed by atoms with van der Waals surface area (Å²) in [5.74, 6) is 1.19. The molecule has 8 nitrogen and oxygen atoms in total. The summed E-state index contributed by atoms with van der Waals surface area (Å²) in [6.07, 6.45) is 1.59. The van der Waals surface area contributed by atoms with E-state index in [0.717, 1.165) is 5.69 Å². The molecule has 3 rings (SSSR count). The number of aromatic nitrogens is 3. The number of thioether (sulfide) groups is 1. The lowest BCUT2D eigenvalue weighted by Gasteiger charge is -2.13. The fraction of sp³-hybridized carbons (Fsp3) is 0.150. The van der Waals surface area contributed by atoms with Crippen molar-refractivity contribution >= 4 is 17.6 Å². The third-order valence-electron chi connectivity index (χ3n) is 3.93. The summed E-state index contributed by atoms with van der Waals surface area (Å²) in [7, 11) is 0. The lowest BCUT2D eigenvalue weighted by atomic mass is 9.97. The molecule has 0 unspecified atom stereocenters. The van der Waals surface area contributed by atoms with Crippen molar-refractivity contribution in [3.63, 3.8) is 0 Å². The van der Waals surface area contributed by atoms with Crippen molar-refractivity contribution in [3.05, 3.63) is 59.4 Å². The summed E-state index contributed by atoms with van der Waals surface area (Å²) in [6, 6.07) is 14.9. The first kappa shape index (κ1) is 20.1. The quantitative estimate of drug-likeness (QED) is 0.567. The first-order chi connectivity index (χ1) is 14.2. The van der Waals surface area contributed by atoms with Crippen LogP contribution >= 0.6 is 11.8 Å². The SMILES string of the molecule is N#Cc1c(N)nc(SCc2cccnn2)c(C#N)c1-c1ccc(OCCN)cc1. The molecule has 0 saturated carbocycles. The van der Waals surface area contributed by atoms with Crippen LogP contribution < -0.4 is 16.2 Å². The van der Waals surface area contributed by atoms with Gasteiger partial charge in [0.1, 0.15) is 40.9 Å². The minimum absolute atomic E-state index is 0.0756. The maximum atomic E-state index is 9.82. The van der Waals surface area contributed by atoms with Crippen LogP contribution in [0.25, 0.3) is 11.1 Å². The first-order valence-corrected chi connectivity index (χ1v) is 9.62. The molecular formula is C20H17N7OS. The Bertz CT molecular complexity index is 1070. The second kappa shape index (κ2) is 9.51. The Morgan fingerprint density at radius 3 is 2.45 bits per heavy atom. The van der Waals surface area contributed by atoms with E-state index in [0.29, 0.717) is 46.4 Å². The highest BCUT2D eigenvalue weighted by atomic mass is 32.2. The Kier molecular flexibility index (Phi) is 6.59. The number of nitrogens with two attached hydrogens (primary N) is 2. The molecule has 144 valence electrons. The number of benzene rings is 1. The van der Waals surface area contributed by atoms with Crippen LogP contribution in [-0.2, 0) is 5.75 Å². The van der Waals surface area contributed by atoms with E-state index < -0.39 is 0 Å². The molecule has 0 radical (unpaired) electrons. The van der Waals surface area contributed by atoms with Gasteiger partial charge in [-0.25, -0.2) is 4.98 Å². The summed E-state index contributed by atoms with van der Waals surface area (Å²) in [4.78, 5) is 4.28. The zero-order valence-electron chi connectivity index (χ0n) is 15.4. The molecule has 0 bridgehead atoms. The minimum Gasteiger partial charge on any atom is -0.492 e. The molecule has 2 aromatic heterocycles. The van der Waals surface area contributed by atoms with Gasteiger partial charge in [-0.05, 0) is 29.8 Å². The third kappa shape index (κ3) is 4.61. The molecule has 0 amide bonds. The number of nitrogens with zero attached hydrogens (tertiary/aromatic N) is 5. The van der Waals surface area contributed by atoms with Crippen molar-refractivity contribution < 1.29 is 4.74 Å². The van der Waals surface area contributed by atoms with Gasteiger partial charge in [-0.1, -0.05) is 23.9 Å². The lowest BCUT2D eigenvalue weighted by molar-refractivity contribution is 0.328. The van der Waals surface area contributed by atoms with Gasteiger partial charge in [0.2, 0.25) is 0 Å². The molecule has 0 fully saturated rings. The maximum absolute atomic E-state index is 9.82. The smallest absolute Gasteiger partial charge is 0.143 e. The second-order valence-corrected chi connectivity index (χ2v) is 6.78. The summed E-state index contributed by atoms with van der Waals surface area (Å²) >= 11 is 1.32. The Morgan fingerprint density at radius 2 is 1.83 bits per heavy atom. The highest BCUT2D eigenvalue weighted by Gasteiger charge is 2.20. The van der Waals surface area contributed by atoms with Crippen LogP contribution in [0, 0.1) is 22.7 Å². The summed E-state index contributed by atoms with van der Waals surface area (Å²) in [5.41, 5.74) is 13.8. The van der Waals surface area contributed by atoms with Crippen molar-refractivity contribution in [2.45, 2.75) is 10.8 Å². The van der Waals surface area contributed by atoms with Crippen LogP contribution in [0.5, 0.6) is 5.75 Å². The van der Waals surface area contributed by atoms with E-state index in [2.05, 4.69) is 27.3 Å². The van der Waals surface area contributed by atoms with Crippen LogP contribution in [0.15, 0.2) is 47.6 Å². The number of rotatable bonds is 7. The molecule has 9 heteroatoms. The highest BCUT2D eigenvalue weighted by molar-refractivity contribution is 7.98. The van der Waals surface area contributed by atoms with Crippen LogP contribution in [0.4, 0.5) is 5.82 Å². The van der Waals surface area contributed by atoms with Gasteiger partial charge in [-0.15, -0.1) is 0 Å². The molecule has 3 aromatic rings. The van der Waals surface area contributed by atoms with E-state index in [1.165, 1.54) is 11.8 Å². The molecule has 0 aliphatic carbocycles. The molecule has 4 N–H and O–H groups in total. The van der Waals surface area contributed by atoms with Gasteiger partial charge in [0, 0.05) is 24.1 Å². The van der Waals surface area contributed by atoms with Gasteiger partial charge in [-0.2, -0.15) is 20.7 Å². The lowest BCUT2D eigenvalue weighted by Crippen LogP contribution is -2.10. The van der Waals surface area contributed by atoms with Crippen LogP contribution in [0.3, 0.4) is 0 Å². The molecule has 1 aromatic carbocycles. The Morgan fingerprint density at radius 1 is 1.07 bits per heavy atom. The van der Waals surface area contributed by atoms with E-state index in [9.17, 15) is 10.5 Å². The van der Waals surface area contributed by atoms with Gasteiger partial charge in [0.05, 0.1) is 11.3 Å². The summed E-state index contributed by atoms with van der Waals surface area (Å²) in [5, 5.41) is 27.7. The second-order valence-electron chi connectivity index (χ2n) is 5.82. The monoisotopic (exact) mass is 403 g/mol. The first-order valence-electron chi connectivity index (χ1n) is 8.64. The van der Waals surface area contributed by atoms with Crippen molar-refractivity contribution in [2.75, 3.05) is 18.9 Å². The number of pyridine rings is 1. The molecule has 0 spiro atoms. The molecule has 29 heavy (non-hydrogen) atoms. The fourth-order valence-corrected chi connectivity index (χ4v) is 3.53. The predicted octanol–water partition coefficient (Wildman–Crippen LogP) is 2.49. The normalized spacial score (nSPS) is 10.2. The van der Waals surface area contributed by atoms with Gasteiger partial charge in [-0.3, -0.25) is 0 Å². The van der Waals surface area contributed by atoms with E-state index >= 15 is 0 Å². The largest absolute Gasteiger partial charge is 0.492 e. The minimum atomic E-state index is 0.0756. The number of hydrogen-bond acceptors (Lipinski definition) is 9. The van der Waals surface area contributed by atoms with Crippen LogP contribution in [0.2, 0.25) is 0 Å². The van der Waals surface area contributed by atoms with Crippen LogP contribution in [0.1, 0.15) is 16.8 Å². The van der Waals surface area contributed by atoms with E-state index in [1.54, 1.807) is 36.5 Å². The summed E-state index contributed by atoms with van der Waals surface area (Å²) < 4.78 is 5.49. The summed E-state index contributed by atoms with van der Waals surface area (Å²) in [6.45, 7) is 0.809. The van der Waals surface area contributed by atoms with E-state index in [-0.39, 0.29) is 11.4 Å². The molecule has 0 saturated heterocycles. The Hall–Kier alpha value is -3.66. The predicted molar refractivity (Wildman–Crippen MR) is 110 cm³/mol. The average Bonchev–Trinajstić information content (AvgIpc) is 2.76. The van der Waals surface area contributed by atoms with Crippen molar-refractivity contribution in [2.24, 2.45) is 5.73 Å². The topological polar surface area (TPSA) is 148 Å². The molecule has 0 aliphatic heterocycles. The maximum Gasteiger partial charge on any atom is 0.143 e. The van der Waals surface area contributed by atoms with Crippen LogP contribution in [-0.4, -0.2) is 28.3 Å². The van der Waals surface area contributed by atoms with Crippen molar-refractivity contribution in [3.8, 4) is 29.0 Å². The van der Waals surface area contributed by atoms with E-state index in [1.807, 2.05) is 6.07 Å². The molecule has 0 atom stereocenters. The van der Waals surface area contributed by atoms with Crippen molar-refractivity contribution in [1.29, 1.82) is 10.5 Å². The number of nitrogen functional groups attached to an aromatic ring is 1. The highest BCUT2D eigenvalue weighted by Crippen LogP contribution is 2.36. The van der Waals surface area contributed by atoms with E-state index in [4.69, 9.17) is 16.2 Å². The molecule has 2 heterocycles. The molecule has 0 aliphatic rings. The van der Waals surface area contributed by atoms with Gasteiger partial charge in [0.15, 0.2) is 0 Å². The third-order valence-corrected chi connectivity index (χ3v) is 4.94. The van der Waals surface area contributed by atoms with Gasteiger partial charge < -0.3 is 16.2 Å². The van der Waals surface area contributed by atoms with Gasteiger partial charge in [0.25, 0.3) is 0 Å². The Labute approximate surface area is 172 Å². The van der Waals surface area contributed by atoms with Crippen molar-refractivity contribution in [1.82, 2.24) is 15.2 Å². The number of anilines is 1. The fourth-order valence-electron chi connectivity index (χ4n) is 2.64. The van der Waals surface area contributed by atoms with Gasteiger partial charge >= 0.3 is 0 Å². The Balaban J connectivity index is 2.02. The number of ether oxygens (including phenoxy) is 1. The zero-order valence-corrected chi connectivity index (χ0v) is 16.2.